The molecule has 14 heteroatoms. The number of carbonyl (C=O) groups excluding carboxylic acids is 1. The number of nitro groups is 1. The summed E-state index contributed by atoms with van der Waals surface area (Å²) in [5, 5.41) is 21.8. The molecule has 10 aliphatic rings. The van der Waals surface area contributed by atoms with Crippen LogP contribution in [0.1, 0.15) is 90.4 Å². The summed E-state index contributed by atoms with van der Waals surface area (Å²) in [6, 6.07) is 0. The second-order valence-electron chi connectivity index (χ2n) is 17.7. The minimum atomic E-state index is -1.21. The van der Waals surface area contributed by atoms with Crippen LogP contribution in [0.5, 0.6) is 0 Å². The molecule has 0 amide bonds. The van der Waals surface area contributed by atoms with Gasteiger partial charge in [0.2, 0.25) is 6.54 Å². The van der Waals surface area contributed by atoms with E-state index in [4.69, 9.17) is 42.6 Å². The summed E-state index contributed by atoms with van der Waals surface area (Å²) in [5.74, 6) is -0.932. The van der Waals surface area contributed by atoms with Crippen LogP contribution in [0.2, 0.25) is 0 Å². The van der Waals surface area contributed by atoms with Crippen LogP contribution < -0.4 is 0 Å². The van der Waals surface area contributed by atoms with Crippen LogP contribution in [0.15, 0.2) is 24.3 Å². The predicted molar refractivity (Wildman–Crippen MR) is 189 cm³/mol. The van der Waals surface area contributed by atoms with Crippen molar-refractivity contribution in [1.29, 1.82) is 0 Å². The standard InChI is InChI=1S/C40H57NO13/c1-19-11-24-5-7-28-20(2)12-26(47-28)9-10-40-17-33-36(53-40)37-38(52-33)39(54-40)35-29(51-37)8-6-25(49-35)13-22(42)14-27-31(16-30(48-24)21(19)3)50-32(34(27)46-4)15-23(43)18-41(44)45/h19,23-39,43H,2-3,5-18H2,1,4H3/t19-,23+,24+,25-,26+,27+,28+,29+,30-,31+,32-,33-,34-,35+,36+,37+,38-,39+,40+/m1/s1/i18-1. The maximum absolute atomic E-state index is 14.1. The van der Waals surface area contributed by atoms with Crippen molar-refractivity contribution >= 4 is 5.78 Å². The molecule has 10 rings (SSSR count). The molecule has 0 aromatic heterocycles. The third-order valence-corrected chi connectivity index (χ3v) is 14.1. The number of rotatable bonds is 5. The predicted octanol–water partition coefficient (Wildman–Crippen LogP) is 3.76. The van der Waals surface area contributed by atoms with Crippen molar-refractivity contribution in [1.82, 2.24) is 0 Å². The molecule has 54 heavy (non-hydrogen) atoms. The Kier molecular flexibility index (Phi) is 10.4. The largest absolute Gasteiger partial charge is 0.386 e. The summed E-state index contributed by atoms with van der Waals surface area (Å²) in [5.41, 5.74) is 2.10. The molecule has 10 saturated heterocycles. The highest BCUT2D eigenvalue weighted by Crippen LogP contribution is 2.54. The first kappa shape index (κ1) is 37.7. The van der Waals surface area contributed by atoms with Gasteiger partial charge in [0.25, 0.3) is 0 Å². The molecule has 10 fully saturated rings. The number of methoxy groups -OCH3 is 1. The lowest BCUT2D eigenvalue weighted by molar-refractivity contribution is -0.491. The summed E-state index contributed by atoms with van der Waals surface area (Å²) >= 11 is 0. The van der Waals surface area contributed by atoms with Gasteiger partial charge in [-0.05, 0) is 62.0 Å². The van der Waals surface area contributed by atoms with E-state index in [0.29, 0.717) is 25.7 Å². The Bertz CT molecular complexity index is 1480. The minimum absolute atomic E-state index is 0.0170. The van der Waals surface area contributed by atoms with E-state index in [1.54, 1.807) is 7.11 Å². The number of aliphatic hydroxyl groups is 1. The molecule has 0 unspecified atom stereocenters. The molecule has 300 valence electrons. The van der Waals surface area contributed by atoms with E-state index in [9.17, 15) is 20.0 Å². The summed E-state index contributed by atoms with van der Waals surface area (Å²) in [4.78, 5) is 24.8. The molecule has 14 nitrogen and oxygen atoms in total. The van der Waals surface area contributed by atoms with Gasteiger partial charge in [-0.2, -0.15) is 0 Å². The van der Waals surface area contributed by atoms with Gasteiger partial charge in [0.05, 0.1) is 61.0 Å². The number of fused-ring (bicyclic) bond motifs is 6. The lowest BCUT2D eigenvalue weighted by atomic mass is 9.81. The van der Waals surface area contributed by atoms with Crippen LogP contribution in [0.3, 0.4) is 0 Å². The first-order chi connectivity index (χ1) is 26.0. The first-order valence-corrected chi connectivity index (χ1v) is 20.4. The average molecular weight is 759 g/mol. The fourth-order valence-corrected chi connectivity index (χ4v) is 11.4. The van der Waals surface area contributed by atoms with Gasteiger partial charge in [-0.3, -0.25) is 14.9 Å². The van der Waals surface area contributed by atoms with Gasteiger partial charge in [-0.25, -0.2) is 0 Å². The highest BCUT2D eigenvalue weighted by Gasteiger charge is 2.68. The topological polar surface area (TPSA) is 164 Å². The molecule has 0 aliphatic carbocycles. The molecule has 0 aromatic rings. The lowest BCUT2D eigenvalue weighted by Gasteiger charge is -2.47. The molecule has 1 spiro atoms. The maximum atomic E-state index is 14.1. The molecule has 0 radical (unpaired) electrons. The van der Waals surface area contributed by atoms with Crippen LogP contribution in [-0.4, -0.2) is 133 Å². The number of Topliss-reactive ketones (excluding diaryl/α,β-unsaturated/α-hetero) is 1. The van der Waals surface area contributed by atoms with Crippen molar-refractivity contribution in [2.75, 3.05) is 13.7 Å². The van der Waals surface area contributed by atoms with Crippen LogP contribution in [0.25, 0.3) is 0 Å². The van der Waals surface area contributed by atoms with E-state index in [-0.39, 0.29) is 104 Å². The highest BCUT2D eigenvalue weighted by molar-refractivity contribution is 5.79. The van der Waals surface area contributed by atoms with Gasteiger partial charge in [0.15, 0.2) is 5.79 Å². The summed E-state index contributed by atoms with van der Waals surface area (Å²) in [6.45, 7) is 10.4. The van der Waals surface area contributed by atoms with Crippen LogP contribution in [0, 0.1) is 22.0 Å². The molecular weight excluding hydrogens is 701 g/mol. The average Bonchev–Trinajstić information content (AvgIpc) is 3.79. The zero-order valence-corrected chi connectivity index (χ0v) is 31.5. The molecule has 0 saturated carbocycles. The van der Waals surface area contributed by atoms with Crippen molar-refractivity contribution in [3.05, 3.63) is 34.4 Å². The molecule has 19 atom stereocenters. The second-order valence-corrected chi connectivity index (χ2v) is 17.7. The number of ether oxygens (including phenoxy) is 9. The van der Waals surface area contributed by atoms with E-state index >= 15 is 0 Å². The summed E-state index contributed by atoms with van der Waals surface area (Å²) < 4.78 is 59.7. The van der Waals surface area contributed by atoms with Crippen LogP contribution in [-0.2, 0) is 47.4 Å². The van der Waals surface area contributed by atoms with Crippen molar-refractivity contribution in [2.45, 2.75) is 194 Å². The summed E-state index contributed by atoms with van der Waals surface area (Å²) in [7, 11) is 1.57. The van der Waals surface area contributed by atoms with Gasteiger partial charge in [0.1, 0.15) is 42.4 Å². The smallest absolute Gasteiger partial charge is 0.229 e. The normalized spacial score (nSPS) is 50.8. The Hall–Kier alpha value is -1.85. The van der Waals surface area contributed by atoms with Gasteiger partial charge in [-0.15, -0.1) is 0 Å². The van der Waals surface area contributed by atoms with E-state index in [0.717, 1.165) is 49.7 Å². The molecule has 1 N–H and O–H groups in total. The third kappa shape index (κ3) is 7.04. The molecule has 0 aromatic carbocycles. The zero-order valence-electron chi connectivity index (χ0n) is 31.5. The number of carbonyl (C=O) groups is 1. The Morgan fingerprint density at radius 3 is 2.39 bits per heavy atom. The third-order valence-electron chi connectivity index (χ3n) is 14.1. The fraction of sp³-hybridized carbons (Fsp3) is 0.875. The highest BCUT2D eigenvalue weighted by atomic mass is 16.8. The van der Waals surface area contributed by atoms with Gasteiger partial charge in [-0.1, -0.05) is 20.1 Å². The zero-order chi connectivity index (χ0) is 37.5. The molecule has 10 aliphatic heterocycles. The summed E-state index contributed by atoms with van der Waals surface area (Å²) in [6.07, 6.45) is 2.34. The fourth-order valence-electron chi connectivity index (χ4n) is 11.4. The van der Waals surface area contributed by atoms with Crippen molar-refractivity contribution in [2.24, 2.45) is 11.8 Å². The van der Waals surface area contributed by atoms with Gasteiger partial charge >= 0.3 is 0 Å². The molecular formula is C40H57NO13. The van der Waals surface area contributed by atoms with E-state index in [1.165, 1.54) is 0 Å². The second kappa shape index (κ2) is 14.8. The molecule has 10 heterocycles. The number of hydrogen-bond donors (Lipinski definition) is 1. The number of aliphatic hydroxyl groups excluding tert-OH is 1. The monoisotopic (exact) mass is 758 g/mol. The Balaban J connectivity index is 0.989. The van der Waals surface area contributed by atoms with E-state index in [1.807, 2.05) is 0 Å². The lowest BCUT2D eigenvalue weighted by Crippen LogP contribution is -2.61. The van der Waals surface area contributed by atoms with E-state index in [2.05, 4.69) is 20.1 Å². The Morgan fingerprint density at radius 1 is 0.833 bits per heavy atom. The number of hydrogen-bond acceptors (Lipinski definition) is 13. The molecule has 12 bridgehead atoms. The Morgan fingerprint density at radius 2 is 1.57 bits per heavy atom. The van der Waals surface area contributed by atoms with Crippen LogP contribution >= 0.6 is 0 Å². The number of ketones is 1. The van der Waals surface area contributed by atoms with Crippen molar-refractivity contribution < 1.29 is 57.5 Å². The first-order valence-electron chi connectivity index (χ1n) is 20.4. The maximum Gasteiger partial charge on any atom is 0.229 e. The van der Waals surface area contributed by atoms with Gasteiger partial charge in [0, 0.05) is 56.5 Å². The number of nitrogens with zero attached hydrogens (tertiary/aromatic N) is 1. The minimum Gasteiger partial charge on any atom is -0.386 e. The Labute approximate surface area is 316 Å². The van der Waals surface area contributed by atoms with E-state index < -0.39 is 47.8 Å². The van der Waals surface area contributed by atoms with Gasteiger partial charge < -0.3 is 47.7 Å². The SMILES string of the molecule is C=C1C[C@@H]2CC[C@@]34C[C@H]5O[C@H]6[C@@H](O3)[C@H]3O[C@H](CC[C@@H]3O[C@H]6[C@H]5O4)CC(=O)C[C@@H]3[C@@H](OC)[C@@H](C[C@H](O)[11CH2][N+](=O)[O-])O[C@H]3C[C@H]3O[C@@H](CC[C@@H]1O2)C[C@@H](C)C3=C. The van der Waals surface area contributed by atoms with Crippen LogP contribution in [0.4, 0.5) is 0 Å². The van der Waals surface area contributed by atoms with Crippen molar-refractivity contribution in [3.8, 4) is 0 Å². The van der Waals surface area contributed by atoms with Crippen molar-refractivity contribution in [3.63, 3.8) is 0 Å². The quantitative estimate of drug-likeness (QED) is 0.245.